The van der Waals surface area contributed by atoms with Gasteiger partial charge in [0.1, 0.15) is 0 Å². The zero-order valence-electron chi connectivity index (χ0n) is 10.4. The number of anilines is 1. The van der Waals surface area contributed by atoms with Crippen molar-refractivity contribution in [2.45, 2.75) is 20.3 Å². The van der Waals surface area contributed by atoms with Crippen LogP contribution in [0.2, 0.25) is 10.0 Å². The summed E-state index contributed by atoms with van der Waals surface area (Å²) in [5, 5.41) is 0.641. The van der Waals surface area contributed by atoms with Gasteiger partial charge in [0, 0.05) is 5.02 Å². The Morgan fingerprint density at radius 1 is 1.32 bits per heavy atom. The molecular weight excluding hydrogens is 289 g/mol. The molecule has 0 saturated carbocycles. The van der Waals surface area contributed by atoms with E-state index in [-0.39, 0.29) is 16.5 Å². The number of nitrogens with zero attached hydrogens (tertiary/aromatic N) is 1. The van der Waals surface area contributed by atoms with Crippen molar-refractivity contribution in [1.82, 2.24) is 0 Å². The largest absolute Gasteiger partial charge is 0.427 e. The molecule has 0 atom stereocenters. The van der Waals surface area contributed by atoms with Gasteiger partial charge in [0.25, 0.3) is 0 Å². The molecule has 1 saturated heterocycles. The van der Waals surface area contributed by atoms with Crippen LogP contribution in [0.3, 0.4) is 0 Å². The van der Waals surface area contributed by atoms with Crippen LogP contribution in [0.5, 0.6) is 0 Å². The Labute approximate surface area is 120 Å². The third kappa shape index (κ3) is 2.46. The first kappa shape index (κ1) is 13.9. The molecule has 19 heavy (non-hydrogen) atoms. The van der Waals surface area contributed by atoms with E-state index in [4.69, 9.17) is 27.9 Å². The van der Waals surface area contributed by atoms with E-state index in [2.05, 4.69) is 0 Å². The van der Waals surface area contributed by atoms with E-state index < -0.39 is 12.0 Å². The molecule has 0 bridgehead atoms. The predicted octanol–water partition coefficient (Wildman–Crippen LogP) is 4.16. The Hall–Kier alpha value is -1.52. The lowest BCUT2D eigenvalue weighted by atomic mass is 10.2. The van der Waals surface area contributed by atoms with Gasteiger partial charge in [0.2, 0.25) is 0 Å². The van der Waals surface area contributed by atoms with Gasteiger partial charge in [0.05, 0.1) is 10.7 Å². The molecule has 1 aromatic carbocycles. The van der Waals surface area contributed by atoms with E-state index in [1.54, 1.807) is 13.0 Å². The zero-order valence-corrected chi connectivity index (χ0v) is 11.9. The fourth-order valence-corrected chi connectivity index (χ4v) is 2.15. The van der Waals surface area contributed by atoms with Crippen molar-refractivity contribution >= 4 is 40.9 Å². The summed E-state index contributed by atoms with van der Waals surface area (Å²) < 4.78 is 5.00. The number of hydrogen-bond acceptors (Lipinski definition) is 3. The molecule has 1 fully saturated rings. The van der Waals surface area contributed by atoms with Crippen LogP contribution in [-0.4, -0.2) is 12.0 Å². The normalized spacial score (nSPS) is 17.8. The molecule has 0 spiro atoms. The van der Waals surface area contributed by atoms with Gasteiger partial charge in [-0.1, -0.05) is 30.1 Å². The van der Waals surface area contributed by atoms with E-state index >= 15 is 0 Å². The van der Waals surface area contributed by atoms with E-state index in [0.717, 1.165) is 4.90 Å². The Bertz CT molecular complexity index is 596. The van der Waals surface area contributed by atoms with E-state index in [9.17, 15) is 9.59 Å². The minimum Gasteiger partial charge on any atom is -0.404 e. The van der Waals surface area contributed by atoms with Crippen LogP contribution >= 0.6 is 23.2 Å². The SMILES string of the molecule is CCC(C)=C1OC(=O)N(c2ccc(Cl)cc2Cl)C1=O. The Morgan fingerprint density at radius 2 is 2.00 bits per heavy atom. The third-order valence-corrected chi connectivity index (χ3v) is 3.38. The summed E-state index contributed by atoms with van der Waals surface area (Å²) in [6.07, 6.45) is -0.131. The minimum atomic E-state index is -0.753. The van der Waals surface area contributed by atoms with Crippen LogP contribution in [0.15, 0.2) is 29.5 Å². The summed E-state index contributed by atoms with van der Waals surface area (Å²) in [4.78, 5) is 24.9. The smallest absolute Gasteiger partial charge is 0.404 e. The number of allylic oxidation sites excluding steroid dienone is 1. The maximum Gasteiger partial charge on any atom is 0.427 e. The number of carbonyl (C=O) groups excluding carboxylic acids is 2. The molecule has 6 heteroatoms. The molecule has 1 aromatic rings. The fraction of sp³-hybridized carbons (Fsp3) is 0.231. The first-order valence-electron chi connectivity index (χ1n) is 5.66. The highest BCUT2D eigenvalue weighted by Gasteiger charge is 2.39. The van der Waals surface area contributed by atoms with Crippen molar-refractivity contribution in [2.75, 3.05) is 4.90 Å². The number of ether oxygens (including phenoxy) is 1. The Morgan fingerprint density at radius 3 is 2.58 bits per heavy atom. The quantitative estimate of drug-likeness (QED) is 0.770. The lowest BCUT2D eigenvalue weighted by Gasteiger charge is -2.12. The van der Waals surface area contributed by atoms with Gasteiger partial charge in [-0.25, -0.2) is 9.69 Å². The van der Waals surface area contributed by atoms with Crippen molar-refractivity contribution in [1.29, 1.82) is 0 Å². The second-order valence-corrected chi connectivity index (χ2v) is 4.91. The number of amides is 2. The first-order valence-corrected chi connectivity index (χ1v) is 6.42. The van der Waals surface area contributed by atoms with Crippen LogP contribution in [0.25, 0.3) is 0 Å². The fourth-order valence-electron chi connectivity index (χ4n) is 1.66. The van der Waals surface area contributed by atoms with Crippen molar-refractivity contribution in [3.05, 3.63) is 39.6 Å². The maximum absolute atomic E-state index is 12.2. The zero-order chi connectivity index (χ0) is 14.2. The van der Waals surface area contributed by atoms with E-state index in [1.165, 1.54) is 12.1 Å². The van der Waals surface area contributed by atoms with Crippen molar-refractivity contribution in [3.8, 4) is 0 Å². The number of benzene rings is 1. The molecule has 4 nitrogen and oxygen atoms in total. The molecule has 0 aliphatic carbocycles. The number of carbonyl (C=O) groups is 2. The maximum atomic E-state index is 12.2. The highest BCUT2D eigenvalue weighted by Crippen LogP contribution is 2.34. The summed E-state index contributed by atoms with van der Waals surface area (Å²) in [7, 11) is 0. The van der Waals surface area contributed by atoms with Gasteiger partial charge in [0.15, 0.2) is 5.76 Å². The van der Waals surface area contributed by atoms with Crippen LogP contribution in [0.1, 0.15) is 20.3 Å². The number of imide groups is 1. The molecule has 1 aliphatic rings. The second-order valence-electron chi connectivity index (χ2n) is 4.07. The van der Waals surface area contributed by atoms with E-state index in [1.807, 2.05) is 6.92 Å². The van der Waals surface area contributed by atoms with Gasteiger partial charge in [-0.2, -0.15) is 0 Å². The molecule has 2 rings (SSSR count). The van der Waals surface area contributed by atoms with Gasteiger partial charge < -0.3 is 4.74 Å². The van der Waals surface area contributed by atoms with Crippen LogP contribution in [-0.2, 0) is 9.53 Å². The van der Waals surface area contributed by atoms with Crippen molar-refractivity contribution < 1.29 is 14.3 Å². The molecule has 0 N–H and O–H groups in total. The second kappa shape index (κ2) is 5.23. The van der Waals surface area contributed by atoms with Crippen LogP contribution in [0.4, 0.5) is 10.5 Å². The van der Waals surface area contributed by atoms with Gasteiger partial charge in [-0.05, 0) is 37.1 Å². The first-order chi connectivity index (χ1) is 8.95. The minimum absolute atomic E-state index is 0.0681. The van der Waals surface area contributed by atoms with Crippen molar-refractivity contribution in [3.63, 3.8) is 0 Å². The molecule has 0 aromatic heterocycles. The summed E-state index contributed by atoms with van der Waals surface area (Å²) >= 11 is 11.8. The average Bonchev–Trinajstić information content (AvgIpc) is 2.65. The number of hydrogen-bond donors (Lipinski definition) is 0. The molecule has 1 heterocycles. The molecule has 1 aliphatic heterocycles. The number of halogens is 2. The van der Waals surface area contributed by atoms with E-state index in [0.29, 0.717) is 17.0 Å². The Kier molecular flexibility index (Phi) is 3.83. The van der Waals surface area contributed by atoms with Crippen LogP contribution in [0, 0.1) is 0 Å². The Balaban J connectivity index is 2.47. The standard InChI is InChI=1S/C13H11Cl2NO3/c1-3-7(2)11-12(17)16(13(18)19-11)10-5-4-8(14)6-9(10)15/h4-6H,3H2,1-2H3. The molecular formula is C13H11Cl2NO3. The van der Waals surface area contributed by atoms with Gasteiger partial charge in [-0.15, -0.1) is 0 Å². The van der Waals surface area contributed by atoms with Crippen molar-refractivity contribution in [2.24, 2.45) is 0 Å². The highest BCUT2D eigenvalue weighted by molar-refractivity contribution is 6.38. The summed E-state index contributed by atoms with van der Waals surface area (Å²) in [6.45, 7) is 3.62. The number of rotatable bonds is 2. The lowest BCUT2D eigenvalue weighted by molar-refractivity contribution is -0.114. The monoisotopic (exact) mass is 299 g/mol. The topological polar surface area (TPSA) is 46.6 Å². The lowest BCUT2D eigenvalue weighted by Crippen LogP contribution is -2.28. The number of cyclic esters (lactones) is 1. The molecule has 0 unspecified atom stereocenters. The molecule has 0 radical (unpaired) electrons. The summed E-state index contributed by atoms with van der Waals surface area (Å²) in [5.41, 5.74) is 0.978. The summed E-state index contributed by atoms with van der Waals surface area (Å²) in [5.74, 6) is -0.438. The van der Waals surface area contributed by atoms with Gasteiger partial charge >= 0.3 is 12.0 Å². The molecule has 100 valence electrons. The highest BCUT2D eigenvalue weighted by atomic mass is 35.5. The van der Waals surface area contributed by atoms with Gasteiger partial charge in [-0.3, -0.25) is 4.79 Å². The average molecular weight is 300 g/mol. The molecule has 2 amide bonds. The summed E-state index contributed by atoms with van der Waals surface area (Å²) in [6, 6.07) is 4.53. The predicted molar refractivity (Wildman–Crippen MR) is 73.4 cm³/mol. The van der Waals surface area contributed by atoms with Crippen LogP contribution < -0.4 is 4.90 Å². The third-order valence-electron chi connectivity index (χ3n) is 2.84.